The normalized spacial score (nSPS) is 42.2. The van der Waals surface area contributed by atoms with Gasteiger partial charge in [-0.3, -0.25) is 4.79 Å². The van der Waals surface area contributed by atoms with Gasteiger partial charge in [-0.1, -0.05) is 26.8 Å². The molecule has 0 heterocycles. The lowest BCUT2D eigenvalue weighted by Crippen LogP contribution is -2.60. The monoisotopic (exact) mass is 206 g/mol. The molecule has 0 aromatic rings. The zero-order chi connectivity index (χ0) is 11.3. The molecule has 84 valence electrons. The van der Waals surface area contributed by atoms with E-state index in [1.165, 1.54) is 0 Å². The maximum Gasteiger partial charge on any atom is 0.137 e. The van der Waals surface area contributed by atoms with Crippen molar-refractivity contribution in [3.8, 4) is 0 Å². The topological polar surface area (TPSA) is 17.1 Å². The largest absolute Gasteiger partial charge is 0.299 e. The molecular formula is C14H22O. The lowest BCUT2D eigenvalue weighted by atomic mass is 9.40. The Morgan fingerprint density at radius 3 is 2.60 bits per heavy atom. The Hall–Kier alpha value is -0.590. The van der Waals surface area contributed by atoms with Gasteiger partial charge in [-0.15, -0.1) is 6.58 Å². The van der Waals surface area contributed by atoms with Crippen molar-refractivity contribution in [3.05, 3.63) is 12.7 Å². The van der Waals surface area contributed by atoms with Crippen molar-refractivity contribution in [1.29, 1.82) is 0 Å². The zero-order valence-electron chi connectivity index (χ0n) is 10.2. The average molecular weight is 206 g/mol. The molecule has 3 rings (SSSR count). The molecule has 0 aromatic heterocycles. The molecule has 1 nitrogen and oxygen atoms in total. The van der Waals surface area contributed by atoms with E-state index in [2.05, 4.69) is 27.4 Å². The predicted octanol–water partition coefficient (Wildman–Crippen LogP) is 3.59. The summed E-state index contributed by atoms with van der Waals surface area (Å²) in [6.07, 6.45) is 6.09. The number of fused-ring (bicyclic) bond motifs is 2. The minimum Gasteiger partial charge on any atom is -0.299 e. The van der Waals surface area contributed by atoms with E-state index in [9.17, 15) is 4.79 Å². The second-order valence-corrected chi connectivity index (χ2v) is 6.29. The van der Waals surface area contributed by atoms with Crippen LogP contribution >= 0.6 is 0 Å². The van der Waals surface area contributed by atoms with Gasteiger partial charge in [-0.25, -0.2) is 0 Å². The second-order valence-electron chi connectivity index (χ2n) is 6.29. The van der Waals surface area contributed by atoms with Crippen LogP contribution in [0, 0.1) is 22.7 Å². The molecule has 3 aliphatic carbocycles. The maximum absolute atomic E-state index is 12.0. The summed E-state index contributed by atoms with van der Waals surface area (Å²) in [5, 5.41) is 0. The van der Waals surface area contributed by atoms with Gasteiger partial charge in [0, 0.05) is 12.3 Å². The summed E-state index contributed by atoms with van der Waals surface area (Å²) in [4.78, 5) is 12.0. The van der Waals surface area contributed by atoms with Crippen molar-refractivity contribution in [3.63, 3.8) is 0 Å². The third-order valence-corrected chi connectivity index (χ3v) is 5.00. The number of allylic oxidation sites excluding steroid dienone is 1. The first-order chi connectivity index (χ1) is 6.92. The average Bonchev–Trinajstić information content (AvgIpc) is 2.12. The molecule has 3 aliphatic rings. The minimum absolute atomic E-state index is 0.240. The summed E-state index contributed by atoms with van der Waals surface area (Å²) in [6, 6.07) is 0. The molecule has 0 aliphatic heterocycles. The molecule has 0 saturated heterocycles. The Labute approximate surface area is 92.9 Å². The van der Waals surface area contributed by atoms with Crippen LogP contribution in [0.2, 0.25) is 0 Å². The fourth-order valence-corrected chi connectivity index (χ4v) is 3.99. The van der Waals surface area contributed by atoms with Gasteiger partial charge < -0.3 is 0 Å². The van der Waals surface area contributed by atoms with Gasteiger partial charge in [-0.2, -0.15) is 0 Å². The van der Waals surface area contributed by atoms with Crippen LogP contribution in [0.1, 0.15) is 46.5 Å². The van der Waals surface area contributed by atoms with Crippen LogP contribution in [0.5, 0.6) is 0 Å². The number of hydrogen-bond donors (Lipinski definition) is 0. The van der Waals surface area contributed by atoms with Crippen molar-refractivity contribution in [2.75, 3.05) is 0 Å². The number of Topliss-reactive ketones (excluding diaryl/α,β-unsaturated/α-hetero) is 1. The lowest BCUT2D eigenvalue weighted by Gasteiger charge is -2.63. The van der Waals surface area contributed by atoms with E-state index in [0.29, 0.717) is 11.7 Å². The first-order valence-corrected chi connectivity index (χ1v) is 6.05. The van der Waals surface area contributed by atoms with Gasteiger partial charge in [0.2, 0.25) is 0 Å². The Morgan fingerprint density at radius 1 is 1.47 bits per heavy atom. The number of hydrogen-bond acceptors (Lipinski definition) is 1. The molecule has 1 heteroatoms. The second kappa shape index (κ2) is 3.20. The minimum atomic E-state index is 0.240. The maximum atomic E-state index is 12.0. The van der Waals surface area contributed by atoms with Crippen LogP contribution < -0.4 is 0 Å². The first kappa shape index (κ1) is 10.9. The summed E-state index contributed by atoms with van der Waals surface area (Å²) in [6.45, 7) is 10.6. The summed E-state index contributed by atoms with van der Waals surface area (Å²) < 4.78 is 0. The molecule has 2 bridgehead atoms. The van der Waals surface area contributed by atoms with E-state index < -0.39 is 0 Å². The third-order valence-electron chi connectivity index (χ3n) is 5.00. The van der Waals surface area contributed by atoms with E-state index in [0.717, 1.165) is 31.6 Å². The third kappa shape index (κ3) is 1.39. The van der Waals surface area contributed by atoms with Gasteiger partial charge in [-0.05, 0) is 36.0 Å². The van der Waals surface area contributed by atoms with Crippen molar-refractivity contribution in [1.82, 2.24) is 0 Å². The molecule has 0 N–H and O–H groups in total. The van der Waals surface area contributed by atoms with Crippen LogP contribution in [0.4, 0.5) is 0 Å². The standard InChI is InChI=1S/C14H22O/c1-5-6-7-14(4)9-11(15)10-8-12(14)13(10,2)3/h5,10,12H,1,6-9H2,2-4H3/t10?,12?,14-/m0/s1. The number of ketones is 1. The lowest BCUT2D eigenvalue weighted by molar-refractivity contribution is -0.174. The fraction of sp³-hybridized carbons (Fsp3) is 0.786. The molecule has 2 unspecified atom stereocenters. The first-order valence-electron chi connectivity index (χ1n) is 6.05. The molecule has 3 fully saturated rings. The highest BCUT2D eigenvalue weighted by Crippen LogP contribution is 2.65. The molecule has 15 heavy (non-hydrogen) atoms. The van der Waals surface area contributed by atoms with Gasteiger partial charge in [0.25, 0.3) is 0 Å². The molecule has 0 radical (unpaired) electrons. The Kier molecular flexibility index (Phi) is 2.33. The van der Waals surface area contributed by atoms with Crippen molar-refractivity contribution in [2.45, 2.75) is 46.5 Å². The van der Waals surface area contributed by atoms with Gasteiger partial charge >= 0.3 is 0 Å². The van der Waals surface area contributed by atoms with Crippen molar-refractivity contribution in [2.24, 2.45) is 22.7 Å². The highest BCUT2D eigenvalue weighted by Gasteiger charge is 2.62. The summed E-state index contributed by atoms with van der Waals surface area (Å²) in [5.74, 6) is 1.61. The van der Waals surface area contributed by atoms with Gasteiger partial charge in [0.05, 0.1) is 0 Å². The molecule has 0 spiro atoms. The number of carbonyl (C=O) groups is 1. The van der Waals surface area contributed by atoms with E-state index >= 15 is 0 Å². The molecule has 0 amide bonds. The summed E-state index contributed by atoms with van der Waals surface area (Å²) in [5.41, 5.74) is 0.495. The van der Waals surface area contributed by atoms with Gasteiger partial charge in [0.15, 0.2) is 0 Å². The van der Waals surface area contributed by atoms with Crippen LogP contribution in [0.25, 0.3) is 0 Å². The van der Waals surface area contributed by atoms with E-state index in [4.69, 9.17) is 0 Å². The molecule has 3 saturated carbocycles. The smallest absolute Gasteiger partial charge is 0.137 e. The van der Waals surface area contributed by atoms with Crippen molar-refractivity contribution >= 4 is 5.78 Å². The Morgan fingerprint density at radius 2 is 2.13 bits per heavy atom. The molecular weight excluding hydrogens is 184 g/mol. The SMILES string of the molecule is C=CCC[C@@]1(C)CC(=O)C2CC1C2(C)C. The summed E-state index contributed by atoms with van der Waals surface area (Å²) in [7, 11) is 0. The van der Waals surface area contributed by atoms with E-state index in [-0.39, 0.29) is 10.8 Å². The number of rotatable bonds is 3. The molecule has 0 aromatic carbocycles. The zero-order valence-corrected chi connectivity index (χ0v) is 10.2. The highest BCUT2D eigenvalue weighted by molar-refractivity contribution is 5.85. The van der Waals surface area contributed by atoms with Crippen LogP contribution in [-0.2, 0) is 4.79 Å². The highest BCUT2D eigenvalue weighted by atomic mass is 16.1. The fourth-order valence-electron chi connectivity index (χ4n) is 3.99. The van der Waals surface area contributed by atoms with Crippen LogP contribution in [0.15, 0.2) is 12.7 Å². The predicted molar refractivity (Wildman–Crippen MR) is 62.5 cm³/mol. The van der Waals surface area contributed by atoms with Crippen LogP contribution in [-0.4, -0.2) is 5.78 Å². The van der Waals surface area contributed by atoms with E-state index in [1.54, 1.807) is 0 Å². The quantitative estimate of drug-likeness (QED) is 0.645. The van der Waals surface area contributed by atoms with Gasteiger partial charge in [0.1, 0.15) is 5.78 Å². The Bertz CT molecular complexity index is 302. The van der Waals surface area contributed by atoms with E-state index in [1.807, 2.05) is 6.08 Å². The van der Waals surface area contributed by atoms with Crippen LogP contribution in [0.3, 0.4) is 0 Å². The summed E-state index contributed by atoms with van der Waals surface area (Å²) >= 11 is 0. The van der Waals surface area contributed by atoms with Crippen molar-refractivity contribution < 1.29 is 4.79 Å². The number of carbonyl (C=O) groups excluding carboxylic acids is 1. The molecule has 3 atom stereocenters. The Balaban J connectivity index is 2.19.